The number of ether oxygens (including phenoxy) is 1. The quantitative estimate of drug-likeness (QED) is 0.260. The van der Waals surface area contributed by atoms with Gasteiger partial charge in [0, 0.05) is 0 Å². The normalized spacial score (nSPS) is 9.47. The van der Waals surface area contributed by atoms with E-state index in [1.54, 1.807) is 0 Å². The summed E-state index contributed by atoms with van der Waals surface area (Å²) in [6.45, 7) is 2.53. The number of esters is 1. The summed E-state index contributed by atoms with van der Waals surface area (Å²) < 4.78 is 4.76. The molecular formula is C12H23KO4. The monoisotopic (exact) mass is 270 g/mol. The fourth-order valence-electron chi connectivity index (χ4n) is 1.42. The number of hydrogen-bond donors (Lipinski definition) is 1. The first-order valence-electron chi connectivity index (χ1n) is 6.04. The average molecular weight is 270 g/mol. The minimum Gasteiger partial charge on any atom is -1.00 e. The summed E-state index contributed by atoms with van der Waals surface area (Å²) in [5.41, 5.74) is 0. The van der Waals surface area contributed by atoms with Crippen LogP contribution in [0.1, 0.15) is 59.7 Å². The third-order valence-electron chi connectivity index (χ3n) is 2.31. The molecule has 0 aromatic carbocycles. The zero-order valence-corrected chi connectivity index (χ0v) is 14.2. The molecule has 17 heavy (non-hydrogen) atoms. The summed E-state index contributed by atoms with van der Waals surface area (Å²) in [6, 6.07) is 0. The second-order valence-corrected chi connectivity index (χ2v) is 3.91. The van der Waals surface area contributed by atoms with E-state index in [4.69, 9.17) is 9.84 Å². The number of carbonyl (C=O) groups is 2. The van der Waals surface area contributed by atoms with Crippen LogP contribution in [0, 0.1) is 0 Å². The Balaban J connectivity index is -0.00000112. The molecular weight excluding hydrogens is 247 g/mol. The van der Waals surface area contributed by atoms with E-state index in [1.165, 1.54) is 25.7 Å². The van der Waals surface area contributed by atoms with E-state index in [-0.39, 0.29) is 52.8 Å². The van der Waals surface area contributed by atoms with E-state index < -0.39 is 18.4 Å². The summed E-state index contributed by atoms with van der Waals surface area (Å²) >= 11 is 0. The second kappa shape index (κ2) is 14.6. The van der Waals surface area contributed by atoms with Crippen LogP contribution in [0.25, 0.3) is 0 Å². The number of hydrogen-bond acceptors (Lipinski definition) is 3. The minimum absolute atomic E-state index is 0. The van der Waals surface area contributed by atoms with Gasteiger partial charge in [-0.3, -0.25) is 9.59 Å². The van der Waals surface area contributed by atoms with E-state index >= 15 is 0 Å². The molecule has 0 saturated carbocycles. The van der Waals surface area contributed by atoms with Crippen molar-refractivity contribution in [3.8, 4) is 0 Å². The van der Waals surface area contributed by atoms with Crippen LogP contribution in [0.4, 0.5) is 0 Å². The molecule has 0 aliphatic heterocycles. The number of carboxylic acid groups (broad SMARTS) is 1. The number of carboxylic acids is 1. The van der Waals surface area contributed by atoms with Crippen molar-refractivity contribution in [3.63, 3.8) is 0 Å². The maximum Gasteiger partial charge on any atom is 1.00 e. The molecule has 0 unspecified atom stereocenters. The number of carbonyl (C=O) groups excluding carboxylic acids is 1. The maximum atomic E-state index is 10.8. The van der Waals surface area contributed by atoms with Crippen molar-refractivity contribution in [2.75, 3.05) is 6.61 Å². The molecule has 0 saturated heterocycles. The first-order valence-corrected chi connectivity index (χ1v) is 6.04. The molecule has 0 atom stereocenters. The van der Waals surface area contributed by atoms with Gasteiger partial charge in [-0.2, -0.15) is 0 Å². The van der Waals surface area contributed by atoms with Gasteiger partial charge in [0.1, 0.15) is 6.42 Å². The molecule has 96 valence electrons. The predicted molar refractivity (Wildman–Crippen MR) is 62.3 cm³/mol. The van der Waals surface area contributed by atoms with Gasteiger partial charge in [0.15, 0.2) is 0 Å². The molecule has 0 heterocycles. The number of rotatable bonds is 10. The minimum atomic E-state index is -1.13. The Labute approximate surface area is 147 Å². The summed E-state index contributed by atoms with van der Waals surface area (Å²) in [7, 11) is 0. The van der Waals surface area contributed by atoms with Crippen LogP contribution in [0.2, 0.25) is 0 Å². The summed E-state index contributed by atoms with van der Waals surface area (Å²) in [4.78, 5) is 21.0. The van der Waals surface area contributed by atoms with Gasteiger partial charge in [-0.25, -0.2) is 0 Å². The van der Waals surface area contributed by atoms with Crippen molar-refractivity contribution in [1.82, 2.24) is 0 Å². The van der Waals surface area contributed by atoms with E-state index in [2.05, 4.69) is 6.92 Å². The van der Waals surface area contributed by atoms with Crippen LogP contribution < -0.4 is 51.4 Å². The van der Waals surface area contributed by atoms with Gasteiger partial charge in [0.2, 0.25) is 0 Å². The van der Waals surface area contributed by atoms with Crippen molar-refractivity contribution in [2.45, 2.75) is 58.3 Å². The van der Waals surface area contributed by atoms with E-state index in [1.807, 2.05) is 0 Å². The average Bonchev–Trinajstić information content (AvgIpc) is 2.21. The van der Waals surface area contributed by atoms with E-state index in [0.717, 1.165) is 19.3 Å². The Hall–Kier alpha value is 0.576. The zero-order valence-electron chi connectivity index (χ0n) is 12.0. The topological polar surface area (TPSA) is 63.6 Å². The summed E-state index contributed by atoms with van der Waals surface area (Å²) in [5.74, 6) is -1.77. The molecule has 0 aromatic rings. The third kappa shape index (κ3) is 16.6. The van der Waals surface area contributed by atoms with Gasteiger partial charge in [-0.1, -0.05) is 45.4 Å². The van der Waals surface area contributed by atoms with Crippen molar-refractivity contribution >= 4 is 11.9 Å². The largest absolute Gasteiger partial charge is 1.00 e. The molecule has 0 aliphatic carbocycles. The molecule has 0 aliphatic rings. The van der Waals surface area contributed by atoms with Gasteiger partial charge in [-0.15, -0.1) is 0 Å². The first-order chi connectivity index (χ1) is 7.66. The van der Waals surface area contributed by atoms with Crippen LogP contribution in [0.5, 0.6) is 0 Å². The molecule has 0 amide bonds. The Morgan fingerprint density at radius 3 is 2.12 bits per heavy atom. The number of aliphatic carboxylic acids is 1. The summed E-state index contributed by atoms with van der Waals surface area (Å²) in [6.07, 6.45) is 7.54. The van der Waals surface area contributed by atoms with Crippen LogP contribution in [0.15, 0.2) is 0 Å². The first kappa shape index (κ1) is 19.9. The van der Waals surface area contributed by atoms with Gasteiger partial charge in [0.25, 0.3) is 0 Å². The molecule has 0 bridgehead atoms. The zero-order chi connectivity index (χ0) is 12.2. The van der Waals surface area contributed by atoms with Gasteiger partial charge in [-0.05, 0) is 6.42 Å². The Kier molecular flexibility index (Phi) is 17.1. The summed E-state index contributed by atoms with van der Waals surface area (Å²) in [5, 5.41) is 8.31. The van der Waals surface area contributed by atoms with Crippen LogP contribution in [-0.2, 0) is 14.3 Å². The molecule has 0 rings (SSSR count). The Morgan fingerprint density at radius 1 is 1.06 bits per heavy atom. The van der Waals surface area contributed by atoms with Crippen molar-refractivity contribution < 1.29 is 72.2 Å². The molecule has 4 nitrogen and oxygen atoms in total. The Morgan fingerprint density at radius 2 is 1.59 bits per heavy atom. The third-order valence-corrected chi connectivity index (χ3v) is 2.31. The molecule has 0 fully saturated rings. The van der Waals surface area contributed by atoms with E-state index in [9.17, 15) is 9.59 Å². The van der Waals surface area contributed by atoms with Gasteiger partial charge < -0.3 is 11.3 Å². The van der Waals surface area contributed by atoms with Gasteiger partial charge in [0.05, 0.1) is 6.61 Å². The van der Waals surface area contributed by atoms with Crippen molar-refractivity contribution in [3.05, 3.63) is 0 Å². The van der Waals surface area contributed by atoms with Crippen LogP contribution >= 0.6 is 0 Å². The molecule has 0 radical (unpaired) electrons. The van der Waals surface area contributed by atoms with E-state index in [0.29, 0.717) is 6.61 Å². The van der Waals surface area contributed by atoms with Crippen molar-refractivity contribution in [1.29, 1.82) is 0 Å². The second-order valence-electron chi connectivity index (χ2n) is 3.91. The molecule has 0 aromatic heterocycles. The van der Waals surface area contributed by atoms with Crippen LogP contribution in [0.3, 0.4) is 0 Å². The number of unbranched alkanes of at least 4 members (excludes halogenated alkanes) is 6. The molecule has 1 N–H and O–H groups in total. The van der Waals surface area contributed by atoms with Gasteiger partial charge >= 0.3 is 63.3 Å². The smallest absolute Gasteiger partial charge is 1.00 e. The fraction of sp³-hybridized carbons (Fsp3) is 0.833. The SMILES string of the molecule is CCCCCCCCCOC(=O)CC(=O)O.[H-].[K+]. The van der Waals surface area contributed by atoms with Crippen LogP contribution in [-0.4, -0.2) is 23.7 Å². The van der Waals surface area contributed by atoms with Crippen molar-refractivity contribution in [2.24, 2.45) is 0 Å². The molecule has 0 spiro atoms. The Bertz CT molecular complexity index is 212. The predicted octanol–water partition coefficient (Wildman–Crippen LogP) is -0.129. The standard InChI is InChI=1S/C12H22O4.K.H/c1-2-3-4-5-6-7-8-9-16-12(15)10-11(13)14;;/h2-10H2,1H3,(H,13,14);;/q;+1;-1. The fourth-order valence-corrected chi connectivity index (χ4v) is 1.42. The molecule has 5 heteroatoms. The maximum absolute atomic E-state index is 10.8.